The summed E-state index contributed by atoms with van der Waals surface area (Å²) < 4.78 is 17.7. The predicted octanol–water partition coefficient (Wildman–Crippen LogP) is 1.92. The van der Waals surface area contributed by atoms with Crippen molar-refractivity contribution in [1.29, 1.82) is 0 Å². The largest absolute Gasteiger partial charge is 0.490 e. The number of tetrazole rings is 1. The molecule has 2 aromatic heterocycles. The third-order valence-electron chi connectivity index (χ3n) is 3.83. The number of rotatable bonds is 5. The molecule has 1 aliphatic rings. The Kier molecular flexibility index (Phi) is 4.79. The van der Waals surface area contributed by atoms with E-state index in [1.807, 2.05) is 0 Å². The number of carbonyl (C=O) groups is 2. The molecule has 0 N–H and O–H groups in total. The summed E-state index contributed by atoms with van der Waals surface area (Å²) in [7, 11) is 0. The summed E-state index contributed by atoms with van der Waals surface area (Å²) in [6.07, 6.45) is 2.15. The second-order valence-corrected chi connectivity index (χ2v) is 6.52. The Morgan fingerprint density at radius 2 is 2.04 bits per heavy atom. The number of ether oxygens (including phenoxy) is 3. The van der Waals surface area contributed by atoms with Crippen LogP contribution in [0, 0.1) is 0 Å². The molecular weight excluding hydrogens is 372 g/mol. The Morgan fingerprint density at radius 3 is 2.85 bits per heavy atom. The average molecular weight is 386 g/mol. The summed E-state index contributed by atoms with van der Waals surface area (Å²) in [6.45, 7) is 0.714. The van der Waals surface area contributed by atoms with Crippen molar-refractivity contribution in [3.63, 3.8) is 0 Å². The van der Waals surface area contributed by atoms with Crippen LogP contribution in [0.2, 0.25) is 0 Å². The number of Topliss-reactive ketones (excluding diaryl/α,β-unsaturated/α-hetero) is 1. The van der Waals surface area contributed by atoms with Crippen molar-refractivity contribution >= 4 is 23.1 Å². The van der Waals surface area contributed by atoms with E-state index in [0.29, 0.717) is 40.8 Å². The van der Waals surface area contributed by atoms with Crippen LogP contribution in [0.5, 0.6) is 11.5 Å². The first kappa shape index (κ1) is 17.2. The van der Waals surface area contributed by atoms with Crippen LogP contribution < -0.4 is 9.47 Å². The molecule has 0 saturated carbocycles. The number of ketones is 1. The van der Waals surface area contributed by atoms with E-state index in [9.17, 15) is 9.59 Å². The minimum atomic E-state index is -0.613. The van der Waals surface area contributed by atoms with E-state index in [2.05, 4.69) is 15.5 Å². The maximum absolute atomic E-state index is 12.4. The fourth-order valence-electron chi connectivity index (χ4n) is 2.52. The van der Waals surface area contributed by atoms with Crippen molar-refractivity contribution in [2.24, 2.45) is 0 Å². The molecule has 9 nitrogen and oxygen atoms in total. The van der Waals surface area contributed by atoms with Gasteiger partial charge >= 0.3 is 5.97 Å². The molecule has 3 heterocycles. The van der Waals surface area contributed by atoms with Crippen LogP contribution in [0.15, 0.2) is 36.0 Å². The maximum atomic E-state index is 12.4. The topological polar surface area (TPSA) is 105 Å². The first-order valence-corrected chi connectivity index (χ1v) is 9.01. The highest BCUT2D eigenvalue weighted by molar-refractivity contribution is 7.12. The highest BCUT2D eigenvalue weighted by Gasteiger charge is 2.20. The molecule has 3 aromatic rings. The number of thiophene rings is 1. The van der Waals surface area contributed by atoms with Crippen LogP contribution in [0.4, 0.5) is 0 Å². The van der Waals surface area contributed by atoms with Crippen LogP contribution >= 0.6 is 11.3 Å². The molecule has 1 aliphatic heterocycles. The number of hydrogen-bond acceptors (Lipinski definition) is 9. The summed E-state index contributed by atoms with van der Waals surface area (Å²) in [5, 5.41) is 12.6. The van der Waals surface area contributed by atoms with E-state index in [4.69, 9.17) is 14.2 Å². The molecule has 0 radical (unpaired) electrons. The van der Waals surface area contributed by atoms with Gasteiger partial charge in [-0.05, 0) is 40.1 Å². The van der Waals surface area contributed by atoms with E-state index in [0.717, 1.165) is 6.42 Å². The van der Waals surface area contributed by atoms with E-state index in [-0.39, 0.29) is 12.4 Å². The van der Waals surface area contributed by atoms with Gasteiger partial charge < -0.3 is 14.2 Å². The van der Waals surface area contributed by atoms with Crippen LogP contribution in [0.25, 0.3) is 5.69 Å². The number of fused-ring (bicyclic) bond motifs is 1. The van der Waals surface area contributed by atoms with Crippen LogP contribution in [-0.2, 0) is 4.74 Å². The molecular formula is C17H14N4O5S. The zero-order chi connectivity index (χ0) is 18.6. The SMILES string of the molecule is O=C(COC(=O)c1sccc1-n1cnnn1)c1ccc2c(c1)OCCCO2. The number of benzene rings is 1. The normalized spacial score (nSPS) is 13.0. The van der Waals surface area contributed by atoms with Crippen molar-refractivity contribution in [3.05, 3.63) is 46.4 Å². The number of aromatic nitrogens is 4. The van der Waals surface area contributed by atoms with Gasteiger partial charge in [0, 0.05) is 12.0 Å². The van der Waals surface area contributed by atoms with Gasteiger partial charge in [0.2, 0.25) is 0 Å². The maximum Gasteiger partial charge on any atom is 0.351 e. The summed E-state index contributed by atoms with van der Waals surface area (Å²) in [5.41, 5.74) is 0.886. The second-order valence-electron chi connectivity index (χ2n) is 5.60. The second kappa shape index (κ2) is 7.54. The number of esters is 1. The molecule has 10 heteroatoms. The molecule has 0 saturated heterocycles. The standard InChI is InChI=1S/C17H14N4O5S/c22-13(11-2-3-14-15(8-11)25-6-1-5-24-14)9-26-17(23)16-12(4-7-27-16)21-10-18-19-20-21/h2-4,7-8,10H,1,5-6,9H2. The van der Waals surface area contributed by atoms with E-state index < -0.39 is 5.97 Å². The van der Waals surface area contributed by atoms with Crippen molar-refractivity contribution in [1.82, 2.24) is 20.2 Å². The van der Waals surface area contributed by atoms with Crippen molar-refractivity contribution in [3.8, 4) is 17.2 Å². The average Bonchev–Trinajstić information content (AvgIpc) is 3.33. The molecule has 27 heavy (non-hydrogen) atoms. The Morgan fingerprint density at radius 1 is 1.19 bits per heavy atom. The lowest BCUT2D eigenvalue weighted by molar-refractivity contribution is 0.0479. The van der Waals surface area contributed by atoms with E-state index in [1.54, 1.807) is 29.6 Å². The summed E-state index contributed by atoms with van der Waals surface area (Å²) in [5.74, 6) is 0.173. The van der Waals surface area contributed by atoms with Gasteiger partial charge in [0.25, 0.3) is 0 Å². The molecule has 4 rings (SSSR count). The van der Waals surface area contributed by atoms with Crippen molar-refractivity contribution < 1.29 is 23.8 Å². The van der Waals surface area contributed by atoms with Gasteiger partial charge in [0.05, 0.1) is 18.9 Å². The third kappa shape index (κ3) is 3.65. The minimum absolute atomic E-state index is 0.314. The van der Waals surface area contributed by atoms with Gasteiger partial charge in [-0.2, -0.15) is 4.68 Å². The van der Waals surface area contributed by atoms with E-state index in [1.165, 1.54) is 22.3 Å². The first-order valence-electron chi connectivity index (χ1n) is 8.13. The molecule has 0 amide bonds. The molecule has 0 unspecified atom stereocenters. The Balaban J connectivity index is 1.43. The lowest BCUT2D eigenvalue weighted by atomic mass is 10.1. The summed E-state index contributed by atoms with van der Waals surface area (Å²) in [6, 6.07) is 6.61. The van der Waals surface area contributed by atoms with Gasteiger partial charge in [-0.1, -0.05) is 0 Å². The molecule has 0 aliphatic carbocycles. The summed E-state index contributed by atoms with van der Waals surface area (Å²) >= 11 is 1.19. The number of carbonyl (C=O) groups excluding carboxylic acids is 2. The molecule has 0 bridgehead atoms. The smallest absolute Gasteiger partial charge is 0.351 e. The van der Waals surface area contributed by atoms with Gasteiger partial charge in [0.1, 0.15) is 11.2 Å². The highest BCUT2D eigenvalue weighted by Crippen LogP contribution is 2.30. The van der Waals surface area contributed by atoms with Gasteiger partial charge in [-0.25, -0.2) is 4.79 Å². The highest BCUT2D eigenvalue weighted by atomic mass is 32.1. The van der Waals surface area contributed by atoms with Crippen LogP contribution in [0.3, 0.4) is 0 Å². The van der Waals surface area contributed by atoms with Gasteiger partial charge in [0.15, 0.2) is 23.9 Å². The monoisotopic (exact) mass is 386 g/mol. The quantitative estimate of drug-likeness (QED) is 0.484. The molecule has 1 aromatic carbocycles. The van der Waals surface area contributed by atoms with E-state index >= 15 is 0 Å². The molecule has 0 atom stereocenters. The lowest BCUT2D eigenvalue weighted by Gasteiger charge is -2.09. The van der Waals surface area contributed by atoms with Crippen molar-refractivity contribution in [2.75, 3.05) is 19.8 Å². The zero-order valence-electron chi connectivity index (χ0n) is 14.0. The van der Waals surface area contributed by atoms with Crippen LogP contribution in [-0.4, -0.2) is 51.8 Å². The van der Waals surface area contributed by atoms with Gasteiger partial charge in [-0.15, -0.1) is 16.4 Å². The lowest BCUT2D eigenvalue weighted by Crippen LogP contribution is -2.15. The molecule has 0 fully saturated rings. The number of nitrogens with zero attached hydrogens (tertiary/aromatic N) is 4. The third-order valence-corrected chi connectivity index (χ3v) is 4.71. The Bertz CT molecular complexity index is 970. The van der Waals surface area contributed by atoms with Crippen molar-refractivity contribution in [2.45, 2.75) is 6.42 Å². The van der Waals surface area contributed by atoms with Crippen LogP contribution in [0.1, 0.15) is 26.5 Å². The molecule has 138 valence electrons. The number of hydrogen-bond donors (Lipinski definition) is 0. The first-order chi connectivity index (χ1) is 13.2. The fraction of sp³-hybridized carbons (Fsp3) is 0.235. The molecule has 0 spiro atoms. The summed E-state index contributed by atoms with van der Waals surface area (Å²) in [4.78, 5) is 25.1. The fourth-order valence-corrected chi connectivity index (χ4v) is 3.29. The van der Waals surface area contributed by atoms with Gasteiger partial charge in [-0.3, -0.25) is 4.79 Å². The zero-order valence-corrected chi connectivity index (χ0v) is 14.8. The Labute approximate surface area is 157 Å². The minimum Gasteiger partial charge on any atom is -0.490 e. The Hall–Kier alpha value is -3.27. The predicted molar refractivity (Wildman–Crippen MR) is 93.7 cm³/mol.